The summed E-state index contributed by atoms with van der Waals surface area (Å²) < 4.78 is 49.9. The number of benzene rings is 2. The van der Waals surface area contributed by atoms with Crippen molar-refractivity contribution >= 4 is 11.6 Å². The summed E-state index contributed by atoms with van der Waals surface area (Å²) >= 11 is 6.05. The number of aryl methyl sites for hydroxylation is 1. The lowest BCUT2D eigenvalue weighted by atomic mass is 10.1. The van der Waals surface area contributed by atoms with Gasteiger partial charge in [-0.15, -0.1) is 13.2 Å². The second-order valence-electron chi connectivity index (χ2n) is 7.09. The third-order valence-electron chi connectivity index (χ3n) is 4.61. The fraction of sp³-hybridized carbons (Fsp3) is 0.0870. The zero-order valence-corrected chi connectivity index (χ0v) is 18.1. The molecule has 2 heterocycles. The Kier molecular flexibility index (Phi) is 6.04. The first-order valence-electron chi connectivity index (χ1n) is 9.62. The number of nitrogens with zero attached hydrogens (tertiary/aromatic N) is 4. The van der Waals surface area contributed by atoms with Crippen LogP contribution in [0.1, 0.15) is 5.56 Å². The van der Waals surface area contributed by atoms with Crippen LogP contribution in [0, 0.1) is 11.3 Å². The highest BCUT2D eigenvalue weighted by atomic mass is 35.5. The summed E-state index contributed by atoms with van der Waals surface area (Å²) in [6.07, 6.45) is -0.0630. The number of ether oxygens (including phenoxy) is 2. The van der Waals surface area contributed by atoms with E-state index < -0.39 is 17.7 Å². The highest BCUT2D eigenvalue weighted by Crippen LogP contribution is 2.34. The summed E-state index contributed by atoms with van der Waals surface area (Å²) in [6, 6.07) is 12.5. The van der Waals surface area contributed by atoms with Gasteiger partial charge >= 0.3 is 6.36 Å². The number of nitriles is 1. The van der Waals surface area contributed by atoms with E-state index in [4.69, 9.17) is 16.3 Å². The van der Waals surface area contributed by atoms with Gasteiger partial charge in [0.05, 0.1) is 17.8 Å². The van der Waals surface area contributed by atoms with Gasteiger partial charge < -0.3 is 9.47 Å². The summed E-state index contributed by atoms with van der Waals surface area (Å²) in [5, 5.41) is 13.6. The van der Waals surface area contributed by atoms with Crippen LogP contribution in [0.5, 0.6) is 17.2 Å². The molecule has 34 heavy (non-hydrogen) atoms. The van der Waals surface area contributed by atoms with Gasteiger partial charge in [-0.2, -0.15) is 10.4 Å². The third-order valence-corrected chi connectivity index (χ3v) is 4.83. The van der Waals surface area contributed by atoms with Crippen molar-refractivity contribution in [2.75, 3.05) is 0 Å². The Labute approximate surface area is 195 Å². The summed E-state index contributed by atoms with van der Waals surface area (Å²) in [5.74, 6) is 0.0170. The molecular formula is C23H14ClF3N4O3. The van der Waals surface area contributed by atoms with E-state index in [0.717, 1.165) is 12.1 Å². The van der Waals surface area contributed by atoms with Crippen molar-refractivity contribution in [3.63, 3.8) is 0 Å². The minimum Gasteiger partial charge on any atom is -0.456 e. The normalized spacial score (nSPS) is 11.2. The maximum absolute atomic E-state index is 12.9. The third kappa shape index (κ3) is 5.22. The predicted octanol–water partition coefficient (Wildman–Crippen LogP) is 5.45. The number of pyridine rings is 1. The summed E-state index contributed by atoms with van der Waals surface area (Å²) in [7, 11) is 1.72. The maximum Gasteiger partial charge on any atom is 0.573 e. The molecule has 0 saturated heterocycles. The standard InChI is InChI=1S/C23H14ClF3N4O3/c1-30-12-15(11-29-30)20-13-31(17-2-4-18(5-3-17)34-23(25,26)27)22(32)9-21(20)33-19-7-14(10-28)6-16(24)8-19/h2-9,11-13H,1H3. The first-order valence-corrected chi connectivity index (χ1v) is 9.99. The average Bonchev–Trinajstić information content (AvgIpc) is 3.19. The first kappa shape index (κ1) is 22.9. The van der Waals surface area contributed by atoms with Crippen LogP contribution in [0.25, 0.3) is 16.8 Å². The molecular weight excluding hydrogens is 473 g/mol. The molecule has 0 bridgehead atoms. The molecule has 7 nitrogen and oxygen atoms in total. The van der Waals surface area contributed by atoms with Gasteiger partial charge in [0.15, 0.2) is 0 Å². The van der Waals surface area contributed by atoms with Crippen LogP contribution in [0.2, 0.25) is 5.02 Å². The molecule has 0 unspecified atom stereocenters. The Morgan fingerprint density at radius 1 is 1.06 bits per heavy atom. The number of alkyl halides is 3. The number of hydrogen-bond donors (Lipinski definition) is 0. The molecule has 11 heteroatoms. The largest absolute Gasteiger partial charge is 0.573 e. The second kappa shape index (κ2) is 8.96. The van der Waals surface area contributed by atoms with Gasteiger partial charge in [0.25, 0.3) is 5.56 Å². The van der Waals surface area contributed by atoms with E-state index in [1.54, 1.807) is 24.1 Å². The zero-order valence-electron chi connectivity index (χ0n) is 17.4. The van der Waals surface area contributed by atoms with Gasteiger partial charge in [0.1, 0.15) is 17.2 Å². The molecule has 0 saturated carbocycles. The SMILES string of the molecule is Cn1cc(-c2cn(-c3ccc(OC(F)(F)F)cc3)c(=O)cc2Oc2cc(Cl)cc(C#N)c2)cn1. The molecule has 0 amide bonds. The van der Waals surface area contributed by atoms with Gasteiger partial charge in [-0.05, 0) is 42.5 Å². The lowest BCUT2D eigenvalue weighted by molar-refractivity contribution is -0.274. The summed E-state index contributed by atoms with van der Waals surface area (Å²) in [6.45, 7) is 0. The van der Waals surface area contributed by atoms with Crippen LogP contribution in [0.15, 0.2) is 71.9 Å². The van der Waals surface area contributed by atoms with Crippen molar-refractivity contribution in [1.29, 1.82) is 5.26 Å². The van der Waals surface area contributed by atoms with Gasteiger partial charge in [-0.3, -0.25) is 14.0 Å². The van der Waals surface area contributed by atoms with Crippen LogP contribution in [0.4, 0.5) is 13.2 Å². The van der Waals surface area contributed by atoms with Crippen LogP contribution >= 0.6 is 11.6 Å². The van der Waals surface area contributed by atoms with E-state index >= 15 is 0 Å². The van der Waals surface area contributed by atoms with E-state index in [2.05, 4.69) is 9.84 Å². The van der Waals surface area contributed by atoms with Gasteiger partial charge in [0.2, 0.25) is 0 Å². The molecule has 4 aromatic rings. The molecule has 0 aliphatic heterocycles. The molecule has 172 valence electrons. The average molecular weight is 487 g/mol. The summed E-state index contributed by atoms with van der Waals surface area (Å²) in [5.41, 5.74) is 1.17. The molecule has 2 aromatic carbocycles. The molecule has 4 rings (SSSR count). The molecule has 0 radical (unpaired) electrons. The number of hydrogen-bond acceptors (Lipinski definition) is 5. The van der Waals surface area contributed by atoms with Crippen LogP contribution in [0.3, 0.4) is 0 Å². The van der Waals surface area contributed by atoms with Crippen molar-refractivity contribution in [2.24, 2.45) is 7.05 Å². The predicted molar refractivity (Wildman–Crippen MR) is 117 cm³/mol. The van der Waals surface area contributed by atoms with E-state index in [1.807, 2.05) is 6.07 Å². The minimum absolute atomic E-state index is 0.178. The Balaban J connectivity index is 1.79. The monoisotopic (exact) mass is 486 g/mol. The lowest BCUT2D eigenvalue weighted by Gasteiger charge is -2.14. The fourth-order valence-corrected chi connectivity index (χ4v) is 3.43. The highest BCUT2D eigenvalue weighted by Gasteiger charge is 2.31. The van der Waals surface area contributed by atoms with Crippen molar-refractivity contribution in [1.82, 2.24) is 14.3 Å². The number of halogens is 4. The number of aromatic nitrogens is 3. The summed E-state index contributed by atoms with van der Waals surface area (Å²) in [4.78, 5) is 12.9. The molecule has 0 fully saturated rings. The quantitative estimate of drug-likeness (QED) is 0.374. The zero-order chi connectivity index (χ0) is 24.5. The van der Waals surface area contributed by atoms with E-state index in [9.17, 15) is 23.2 Å². The highest BCUT2D eigenvalue weighted by molar-refractivity contribution is 6.30. The molecule has 0 aliphatic carbocycles. The Morgan fingerprint density at radius 2 is 1.79 bits per heavy atom. The topological polar surface area (TPSA) is 82.1 Å². The van der Waals surface area contributed by atoms with E-state index in [0.29, 0.717) is 16.8 Å². The Hall–Kier alpha value is -4.23. The lowest BCUT2D eigenvalue weighted by Crippen LogP contribution is -2.18. The van der Waals surface area contributed by atoms with Gasteiger partial charge in [-0.1, -0.05) is 11.6 Å². The van der Waals surface area contributed by atoms with E-state index in [-0.39, 0.29) is 22.1 Å². The van der Waals surface area contributed by atoms with Crippen LogP contribution < -0.4 is 15.0 Å². The van der Waals surface area contributed by atoms with Crippen molar-refractivity contribution in [2.45, 2.75) is 6.36 Å². The van der Waals surface area contributed by atoms with Crippen molar-refractivity contribution in [3.8, 4) is 40.1 Å². The molecule has 0 spiro atoms. The smallest absolute Gasteiger partial charge is 0.456 e. The molecule has 0 N–H and O–H groups in total. The molecule has 2 aromatic heterocycles. The Morgan fingerprint density at radius 3 is 2.41 bits per heavy atom. The van der Waals surface area contributed by atoms with Gasteiger partial charge in [0, 0.05) is 47.3 Å². The van der Waals surface area contributed by atoms with Crippen LogP contribution in [-0.4, -0.2) is 20.7 Å². The Bertz CT molecular complexity index is 1450. The van der Waals surface area contributed by atoms with Crippen LogP contribution in [-0.2, 0) is 7.05 Å². The fourth-order valence-electron chi connectivity index (χ4n) is 3.20. The maximum atomic E-state index is 12.9. The van der Waals surface area contributed by atoms with Crippen molar-refractivity contribution < 1.29 is 22.6 Å². The van der Waals surface area contributed by atoms with E-state index in [1.165, 1.54) is 47.2 Å². The molecule has 0 aliphatic rings. The second-order valence-corrected chi connectivity index (χ2v) is 7.53. The minimum atomic E-state index is -4.82. The van der Waals surface area contributed by atoms with Crippen molar-refractivity contribution in [3.05, 3.63) is 88.1 Å². The number of rotatable bonds is 5. The molecule has 0 atom stereocenters. The van der Waals surface area contributed by atoms with Gasteiger partial charge in [-0.25, -0.2) is 0 Å². The first-order chi connectivity index (χ1) is 16.1.